The summed E-state index contributed by atoms with van der Waals surface area (Å²) in [5, 5.41) is 15.4. The molecule has 1 aromatic rings. The molecule has 3 N–H and O–H groups in total. The number of alkyl halides is 1. The fourth-order valence-corrected chi connectivity index (χ4v) is 2.48. The Morgan fingerprint density at radius 3 is 2.91 bits per heavy atom. The van der Waals surface area contributed by atoms with Gasteiger partial charge < -0.3 is 20.3 Å². The standard InChI is InChI=1S/C12H14ClFN4O4/c1-6(19)8-9(21-2)12(14,3-4-13)10(22-8)18-11(20)17-7(15)5-16-18/h5-6,8-10,19H,1-2H3,(H2,15,17,20)/t6-,8+,9-,10+,12?/m0/s1. The average Bonchev–Trinajstić information content (AvgIpc) is 2.72. The van der Waals surface area contributed by atoms with E-state index in [4.69, 9.17) is 26.8 Å². The topological polar surface area (TPSA) is 112 Å². The number of nitrogen functional groups attached to an aromatic ring is 1. The lowest BCUT2D eigenvalue weighted by Gasteiger charge is -2.25. The number of anilines is 1. The Morgan fingerprint density at radius 1 is 1.73 bits per heavy atom. The Hall–Kier alpha value is -1.73. The van der Waals surface area contributed by atoms with E-state index in [1.165, 1.54) is 14.0 Å². The molecular formula is C12H14ClFN4O4. The molecule has 0 radical (unpaired) electrons. The third-order valence-corrected chi connectivity index (χ3v) is 3.38. The van der Waals surface area contributed by atoms with E-state index in [1.807, 2.05) is 5.38 Å². The first-order valence-electron chi connectivity index (χ1n) is 6.24. The number of hydrogen-bond donors (Lipinski definition) is 2. The van der Waals surface area contributed by atoms with Crippen molar-refractivity contribution in [3.05, 3.63) is 16.7 Å². The first-order chi connectivity index (χ1) is 10.3. The lowest BCUT2D eigenvalue weighted by Crippen LogP contribution is -2.47. The van der Waals surface area contributed by atoms with Crippen molar-refractivity contribution < 1.29 is 19.0 Å². The first-order valence-corrected chi connectivity index (χ1v) is 6.62. The molecule has 22 heavy (non-hydrogen) atoms. The molecule has 0 spiro atoms. The molecule has 0 aliphatic carbocycles. The minimum absolute atomic E-state index is 0.123. The second-order valence-corrected chi connectivity index (χ2v) is 4.93. The van der Waals surface area contributed by atoms with Crippen molar-refractivity contribution in [1.82, 2.24) is 14.8 Å². The number of rotatable bonds is 3. The van der Waals surface area contributed by atoms with E-state index in [-0.39, 0.29) is 5.82 Å². The predicted octanol–water partition coefficient (Wildman–Crippen LogP) is -0.578. The van der Waals surface area contributed by atoms with E-state index in [1.54, 1.807) is 0 Å². The summed E-state index contributed by atoms with van der Waals surface area (Å²) in [5.41, 5.74) is 1.91. The van der Waals surface area contributed by atoms with Gasteiger partial charge in [0.15, 0.2) is 0 Å². The van der Waals surface area contributed by atoms with Gasteiger partial charge in [-0.15, -0.1) is 0 Å². The van der Waals surface area contributed by atoms with Gasteiger partial charge in [0.2, 0.25) is 11.9 Å². The minimum atomic E-state index is -2.51. The summed E-state index contributed by atoms with van der Waals surface area (Å²) >= 11 is 5.32. The number of aromatic nitrogens is 3. The highest BCUT2D eigenvalue weighted by atomic mass is 35.5. The molecule has 0 saturated carbocycles. The molecule has 8 nitrogen and oxygen atoms in total. The van der Waals surface area contributed by atoms with Crippen LogP contribution in [0.4, 0.5) is 10.2 Å². The molecule has 2 rings (SSSR count). The summed E-state index contributed by atoms with van der Waals surface area (Å²) in [4.78, 5) is 15.3. The molecule has 0 bridgehead atoms. The average molecular weight is 333 g/mol. The molecule has 1 unspecified atom stereocenters. The minimum Gasteiger partial charge on any atom is -0.391 e. The summed E-state index contributed by atoms with van der Waals surface area (Å²) in [6.07, 6.45) is -3.97. The summed E-state index contributed by atoms with van der Waals surface area (Å²) in [6.45, 7) is 1.39. The zero-order valence-electron chi connectivity index (χ0n) is 11.7. The van der Waals surface area contributed by atoms with Crippen molar-refractivity contribution in [3.8, 4) is 11.3 Å². The highest BCUT2D eigenvalue weighted by molar-refractivity contribution is 6.30. The molecule has 5 atom stereocenters. The Labute approximate surface area is 130 Å². The second kappa shape index (κ2) is 6.18. The van der Waals surface area contributed by atoms with Crippen molar-refractivity contribution in [3.63, 3.8) is 0 Å². The maximum absolute atomic E-state index is 15.3. The zero-order valence-corrected chi connectivity index (χ0v) is 12.5. The van der Waals surface area contributed by atoms with E-state index in [0.29, 0.717) is 4.68 Å². The SMILES string of the molecule is CO[C@H]1[C@@H]([C@H](C)O)O[C@@H](n2ncc(N)nc2=O)C1(F)C#CCl. The molecule has 1 saturated heterocycles. The second-order valence-electron chi connectivity index (χ2n) is 4.75. The number of methoxy groups -OCH3 is 1. The summed E-state index contributed by atoms with van der Waals surface area (Å²) in [7, 11) is 1.23. The molecular weight excluding hydrogens is 319 g/mol. The van der Waals surface area contributed by atoms with Crippen LogP contribution in [0.5, 0.6) is 0 Å². The van der Waals surface area contributed by atoms with Crippen LogP contribution < -0.4 is 11.4 Å². The molecule has 0 amide bonds. The third kappa shape index (κ3) is 2.66. The van der Waals surface area contributed by atoms with Crippen LogP contribution in [-0.4, -0.2) is 51.0 Å². The van der Waals surface area contributed by atoms with E-state index in [0.717, 1.165) is 6.20 Å². The molecule has 0 aromatic carbocycles. The fourth-order valence-electron chi connectivity index (χ4n) is 2.33. The number of aliphatic hydroxyl groups is 1. The van der Waals surface area contributed by atoms with Gasteiger partial charge in [0.25, 0.3) is 0 Å². The van der Waals surface area contributed by atoms with Gasteiger partial charge in [-0.25, -0.2) is 9.18 Å². The molecule has 2 heterocycles. The maximum atomic E-state index is 15.3. The van der Waals surface area contributed by atoms with Gasteiger partial charge in [-0.3, -0.25) is 0 Å². The van der Waals surface area contributed by atoms with Crippen molar-refractivity contribution in [2.75, 3.05) is 12.8 Å². The van der Waals surface area contributed by atoms with Crippen LogP contribution >= 0.6 is 11.6 Å². The van der Waals surface area contributed by atoms with Crippen molar-refractivity contribution in [2.45, 2.75) is 37.1 Å². The van der Waals surface area contributed by atoms with Gasteiger partial charge >= 0.3 is 5.69 Å². The van der Waals surface area contributed by atoms with Crippen molar-refractivity contribution in [2.24, 2.45) is 0 Å². The van der Waals surface area contributed by atoms with Gasteiger partial charge in [-0.1, -0.05) is 0 Å². The van der Waals surface area contributed by atoms with Crippen LogP contribution in [0, 0.1) is 11.3 Å². The van der Waals surface area contributed by atoms with Crippen LogP contribution in [0.15, 0.2) is 11.0 Å². The van der Waals surface area contributed by atoms with Gasteiger partial charge in [0.1, 0.15) is 18.0 Å². The quantitative estimate of drug-likeness (QED) is 0.712. The van der Waals surface area contributed by atoms with Crippen molar-refractivity contribution >= 4 is 17.4 Å². The zero-order chi connectivity index (χ0) is 16.5. The largest absolute Gasteiger partial charge is 0.391 e. The summed E-state index contributed by atoms with van der Waals surface area (Å²) < 4.78 is 26.5. The number of halogens is 2. The molecule has 120 valence electrons. The van der Waals surface area contributed by atoms with Crippen LogP contribution in [0.1, 0.15) is 13.2 Å². The summed E-state index contributed by atoms with van der Waals surface area (Å²) in [6, 6.07) is 0. The Bertz CT molecular complexity index is 673. The van der Waals surface area contributed by atoms with Crippen LogP contribution in [-0.2, 0) is 9.47 Å². The fraction of sp³-hybridized carbons (Fsp3) is 0.583. The molecule has 10 heteroatoms. The number of aliphatic hydroxyl groups excluding tert-OH is 1. The lowest BCUT2D eigenvalue weighted by atomic mass is 9.95. The van der Waals surface area contributed by atoms with Gasteiger partial charge in [0, 0.05) is 12.5 Å². The van der Waals surface area contributed by atoms with Crippen molar-refractivity contribution in [1.29, 1.82) is 0 Å². The van der Waals surface area contributed by atoms with Crippen LogP contribution in [0.25, 0.3) is 0 Å². The third-order valence-electron chi connectivity index (χ3n) is 3.28. The maximum Gasteiger partial charge on any atom is 0.368 e. The Kier molecular flexibility index (Phi) is 4.67. The Morgan fingerprint density at radius 2 is 2.41 bits per heavy atom. The highest BCUT2D eigenvalue weighted by Gasteiger charge is 2.60. The van der Waals surface area contributed by atoms with Gasteiger partial charge in [0.05, 0.1) is 12.3 Å². The Balaban J connectivity index is 2.57. The number of nitrogens with two attached hydrogens (primary N) is 1. The molecule has 1 fully saturated rings. The lowest BCUT2D eigenvalue weighted by molar-refractivity contribution is -0.0883. The number of nitrogens with zero attached hydrogens (tertiary/aromatic N) is 3. The molecule has 1 aliphatic heterocycles. The van der Waals surface area contributed by atoms with E-state index < -0.39 is 35.9 Å². The van der Waals surface area contributed by atoms with Crippen LogP contribution in [0.2, 0.25) is 0 Å². The van der Waals surface area contributed by atoms with E-state index in [9.17, 15) is 9.90 Å². The van der Waals surface area contributed by atoms with E-state index in [2.05, 4.69) is 16.0 Å². The van der Waals surface area contributed by atoms with Crippen LogP contribution in [0.3, 0.4) is 0 Å². The summed E-state index contributed by atoms with van der Waals surface area (Å²) in [5.74, 6) is 2.00. The van der Waals surface area contributed by atoms with E-state index >= 15 is 4.39 Å². The number of ether oxygens (including phenoxy) is 2. The molecule has 1 aliphatic rings. The predicted molar refractivity (Wildman–Crippen MR) is 74.6 cm³/mol. The monoisotopic (exact) mass is 332 g/mol. The first kappa shape index (κ1) is 16.6. The highest BCUT2D eigenvalue weighted by Crippen LogP contribution is 2.42. The molecule has 1 aromatic heterocycles. The normalized spacial score (nSPS) is 32.3. The smallest absolute Gasteiger partial charge is 0.368 e. The van der Waals surface area contributed by atoms with Gasteiger partial charge in [-0.2, -0.15) is 14.8 Å². The number of hydrogen-bond acceptors (Lipinski definition) is 7. The van der Waals surface area contributed by atoms with Gasteiger partial charge in [-0.05, 0) is 24.4 Å².